The Bertz CT molecular complexity index is 863. The van der Waals surface area contributed by atoms with Crippen LogP contribution in [0.3, 0.4) is 0 Å². The molecular formula is C22H28N4O2S. The molecule has 1 aromatic carbocycles. The molecule has 0 aliphatic carbocycles. The summed E-state index contributed by atoms with van der Waals surface area (Å²) in [6.07, 6.45) is 1.67. The molecule has 0 bridgehead atoms. The lowest BCUT2D eigenvalue weighted by Gasteiger charge is -2.33. The summed E-state index contributed by atoms with van der Waals surface area (Å²) >= 11 is 1.50. The van der Waals surface area contributed by atoms with Crippen LogP contribution in [0.25, 0.3) is 0 Å². The minimum atomic E-state index is -0.163. The molecule has 2 heterocycles. The van der Waals surface area contributed by atoms with E-state index in [1.807, 2.05) is 62.9 Å². The van der Waals surface area contributed by atoms with Crippen LogP contribution >= 0.6 is 11.8 Å². The normalized spacial score (nSPS) is 16.7. The maximum atomic E-state index is 12.7. The van der Waals surface area contributed by atoms with Gasteiger partial charge in [-0.2, -0.15) is 0 Å². The lowest BCUT2D eigenvalue weighted by Crippen LogP contribution is -2.45. The maximum Gasteiger partial charge on any atom is 0.229 e. The Morgan fingerprint density at radius 2 is 1.79 bits per heavy atom. The van der Waals surface area contributed by atoms with Crippen LogP contribution in [0.4, 0.5) is 5.69 Å². The molecule has 1 N–H and O–H groups in total. The standard InChI is InChI=1S/C22H28N4O2S/c1-14(2)21(28)26-11-5-6-17(13-26)20(27)25-18-7-9-19(10-8-18)29-22-23-15(3)12-16(4)24-22/h7-10,12,14,17H,5-6,11,13H2,1-4H3,(H,25,27)/t17-/m0/s1. The highest BCUT2D eigenvalue weighted by Crippen LogP contribution is 2.27. The summed E-state index contributed by atoms with van der Waals surface area (Å²) in [7, 11) is 0. The number of piperidine rings is 1. The second kappa shape index (κ2) is 9.39. The van der Waals surface area contributed by atoms with Crippen molar-refractivity contribution in [2.24, 2.45) is 11.8 Å². The molecular weight excluding hydrogens is 384 g/mol. The first kappa shape index (κ1) is 21.3. The van der Waals surface area contributed by atoms with E-state index in [4.69, 9.17) is 0 Å². The first-order chi connectivity index (χ1) is 13.8. The van der Waals surface area contributed by atoms with Gasteiger partial charge in [0.2, 0.25) is 11.8 Å². The summed E-state index contributed by atoms with van der Waals surface area (Å²) in [5.41, 5.74) is 2.65. The van der Waals surface area contributed by atoms with Crippen molar-refractivity contribution in [2.45, 2.75) is 50.6 Å². The third kappa shape index (κ3) is 5.79. The van der Waals surface area contributed by atoms with Crippen molar-refractivity contribution in [2.75, 3.05) is 18.4 Å². The Morgan fingerprint density at radius 3 is 2.41 bits per heavy atom. The van der Waals surface area contributed by atoms with E-state index < -0.39 is 0 Å². The average Bonchev–Trinajstić information content (AvgIpc) is 2.68. The predicted molar refractivity (Wildman–Crippen MR) is 115 cm³/mol. The number of nitrogens with zero attached hydrogens (tertiary/aromatic N) is 3. The molecule has 1 aromatic heterocycles. The minimum Gasteiger partial charge on any atom is -0.342 e. The highest BCUT2D eigenvalue weighted by atomic mass is 32.2. The Kier molecular flexibility index (Phi) is 6.90. The van der Waals surface area contributed by atoms with Gasteiger partial charge >= 0.3 is 0 Å². The van der Waals surface area contributed by atoms with Gasteiger partial charge in [-0.1, -0.05) is 13.8 Å². The molecule has 3 rings (SSSR count). The Morgan fingerprint density at radius 1 is 1.14 bits per heavy atom. The zero-order valence-corrected chi connectivity index (χ0v) is 18.3. The number of carbonyl (C=O) groups excluding carboxylic acids is 2. The number of anilines is 1. The molecule has 1 aliphatic rings. The van der Waals surface area contributed by atoms with Crippen LogP contribution in [0.15, 0.2) is 40.4 Å². The number of hydrogen-bond donors (Lipinski definition) is 1. The van der Waals surface area contributed by atoms with Gasteiger partial charge in [0.05, 0.1) is 5.92 Å². The number of benzene rings is 1. The molecule has 2 amide bonds. The average molecular weight is 413 g/mol. The molecule has 154 valence electrons. The first-order valence-corrected chi connectivity index (χ1v) is 10.8. The molecule has 0 saturated carbocycles. The van der Waals surface area contributed by atoms with E-state index in [0.29, 0.717) is 6.54 Å². The van der Waals surface area contributed by atoms with Gasteiger partial charge in [-0.3, -0.25) is 9.59 Å². The van der Waals surface area contributed by atoms with Crippen molar-refractivity contribution in [1.82, 2.24) is 14.9 Å². The smallest absolute Gasteiger partial charge is 0.229 e. The second-order valence-corrected chi connectivity index (χ2v) is 8.87. The molecule has 1 saturated heterocycles. The highest BCUT2D eigenvalue weighted by Gasteiger charge is 2.29. The number of rotatable bonds is 5. The lowest BCUT2D eigenvalue weighted by molar-refractivity contribution is -0.137. The van der Waals surface area contributed by atoms with E-state index in [0.717, 1.165) is 46.5 Å². The number of hydrogen-bond acceptors (Lipinski definition) is 5. The third-order valence-electron chi connectivity index (χ3n) is 4.89. The monoisotopic (exact) mass is 412 g/mol. The summed E-state index contributed by atoms with van der Waals surface area (Å²) in [5, 5.41) is 3.71. The molecule has 0 spiro atoms. The molecule has 7 heteroatoms. The number of carbonyl (C=O) groups is 2. The molecule has 0 radical (unpaired) electrons. The van der Waals surface area contributed by atoms with Crippen LogP contribution in [-0.4, -0.2) is 39.8 Å². The zero-order valence-electron chi connectivity index (χ0n) is 17.4. The van der Waals surface area contributed by atoms with Crippen molar-refractivity contribution in [3.05, 3.63) is 41.7 Å². The summed E-state index contributed by atoms with van der Waals surface area (Å²) in [6.45, 7) is 8.95. The van der Waals surface area contributed by atoms with Gasteiger partial charge < -0.3 is 10.2 Å². The van der Waals surface area contributed by atoms with E-state index in [9.17, 15) is 9.59 Å². The van der Waals surface area contributed by atoms with Gasteiger partial charge in [-0.15, -0.1) is 0 Å². The summed E-state index contributed by atoms with van der Waals surface area (Å²) in [4.78, 5) is 36.6. The highest BCUT2D eigenvalue weighted by molar-refractivity contribution is 7.99. The van der Waals surface area contributed by atoms with Crippen LogP contribution in [0.1, 0.15) is 38.1 Å². The summed E-state index contributed by atoms with van der Waals surface area (Å²) in [5.74, 6) is -0.103. The van der Waals surface area contributed by atoms with Crippen molar-refractivity contribution in [1.29, 1.82) is 0 Å². The largest absolute Gasteiger partial charge is 0.342 e. The summed E-state index contributed by atoms with van der Waals surface area (Å²) in [6, 6.07) is 9.64. The number of amides is 2. The van der Waals surface area contributed by atoms with Gasteiger partial charge in [-0.05, 0) is 68.8 Å². The number of aryl methyl sites for hydroxylation is 2. The van der Waals surface area contributed by atoms with Gasteiger partial charge in [0.15, 0.2) is 5.16 Å². The topological polar surface area (TPSA) is 75.2 Å². The molecule has 1 atom stereocenters. The molecule has 2 aromatic rings. The second-order valence-electron chi connectivity index (χ2n) is 7.83. The molecule has 6 nitrogen and oxygen atoms in total. The Balaban J connectivity index is 1.59. The Hall–Kier alpha value is -2.41. The van der Waals surface area contributed by atoms with Crippen LogP contribution in [0.5, 0.6) is 0 Å². The Labute approximate surface area is 176 Å². The van der Waals surface area contributed by atoms with Crippen LogP contribution in [0.2, 0.25) is 0 Å². The van der Waals surface area contributed by atoms with Gasteiger partial charge in [0, 0.05) is 41.0 Å². The molecule has 1 fully saturated rings. The van der Waals surface area contributed by atoms with E-state index in [1.54, 1.807) is 0 Å². The number of aromatic nitrogens is 2. The van der Waals surface area contributed by atoms with Crippen molar-refractivity contribution >= 4 is 29.3 Å². The van der Waals surface area contributed by atoms with Crippen LogP contribution in [0, 0.1) is 25.7 Å². The molecule has 0 unspecified atom stereocenters. The third-order valence-corrected chi connectivity index (χ3v) is 5.76. The molecule has 29 heavy (non-hydrogen) atoms. The molecule has 1 aliphatic heterocycles. The fraction of sp³-hybridized carbons (Fsp3) is 0.455. The van der Waals surface area contributed by atoms with Gasteiger partial charge in [0.1, 0.15) is 0 Å². The van der Waals surface area contributed by atoms with Crippen molar-refractivity contribution < 1.29 is 9.59 Å². The fourth-order valence-electron chi connectivity index (χ4n) is 3.45. The van der Waals surface area contributed by atoms with Crippen LogP contribution in [-0.2, 0) is 9.59 Å². The van der Waals surface area contributed by atoms with E-state index in [-0.39, 0.29) is 23.7 Å². The summed E-state index contributed by atoms with van der Waals surface area (Å²) < 4.78 is 0. The van der Waals surface area contributed by atoms with Crippen molar-refractivity contribution in [3.8, 4) is 0 Å². The SMILES string of the molecule is Cc1cc(C)nc(Sc2ccc(NC(=O)[C@H]3CCCN(C(=O)C(C)C)C3)cc2)n1. The fourth-order valence-corrected chi connectivity index (χ4v) is 4.31. The van der Waals surface area contributed by atoms with Crippen molar-refractivity contribution in [3.63, 3.8) is 0 Å². The predicted octanol–water partition coefficient (Wildman–Crippen LogP) is 4.08. The number of likely N-dealkylation sites (tertiary alicyclic amines) is 1. The quantitative estimate of drug-likeness (QED) is 0.749. The number of nitrogens with one attached hydrogen (secondary N) is 1. The lowest BCUT2D eigenvalue weighted by atomic mass is 9.96. The zero-order chi connectivity index (χ0) is 21.0. The first-order valence-electron chi connectivity index (χ1n) is 10.0. The maximum absolute atomic E-state index is 12.7. The van der Waals surface area contributed by atoms with Gasteiger partial charge in [0.25, 0.3) is 0 Å². The van der Waals surface area contributed by atoms with Crippen LogP contribution < -0.4 is 5.32 Å². The van der Waals surface area contributed by atoms with E-state index >= 15 is 0 Å². The van der Waals surface area contributed by atoms with E-state index in [1.165, 1.54) is 11.8 Å². The van der Waals surface area contributed by atoms with Gasteiger partial charge in [-0.25, -0.2) is 9.97 Å². The van der Waals surface area contributed by atoms with E-state index in [2.05, 4.69) is 15.3 Å². The minimum absolute atomic E-state index is 0.0238.